The Morgan fingerprint density at radius 3 is 2.93 bits per heavy atom. The molecule has 5 nitrogen and oxygen atoms in total. The average molecular weight is 228 g/mol. The molecule has 1 heterocycles. The highest BCUT2D eigenvalue weighted by atomic mass is 32.1. The van der Waals surface area contributed by atoms with Gasteiger partial charge in [-0.2, -0.15) is 0 Å². The maximum atomic E-state index is 11.3. The Kier molecular flexibility index (Phi) is 4.76. The summed E-state index contributed by atoms with van der Waals surface area (Å²) < 4.78 is 4.70. The second-order valence-corrected chi connectivity index (χ2v) is 3.59. The summed E-state index contributed by atoms with van der Waals surface area (Å²) in [6.07, 6.45) is 1.83. The number of hydrogen-bond donors (Lipinski definition) is 1. The number of carbonyl (C=O) groups is 2. The van der Waals surface area contributed by atoms with Gasteiger partial charge >= 0.3 is 5.97 Å². The van der Waals surface area contributed by atoms with Gasteiger partial charge in [0.15, 0.2) is 5.13 Å². The quantitative estimate of drug-likeness (QED) is 0.774. The summed E-state index contributed by atoms with van der Waals surface area (Å²) in [6.45, 7) is 2.07. The molecule has 1 N–H and O–H groups in total. The van der Waals surface area contributed by atoms with Gasteiger partial charge in [0.25, 0.3) is 0 Å². The van der Waals surface area contributed by atoms with Crippen LogP contribution in [0.5, 0.6) is 0 Å². The van der Waals surface area contributed by atoms with Crippen LogP contribution in [0.4, 0.5) is 5.13 Å². The fourth-order valence-corrected chi connectivity index (χ4v) is 1.46. The standard InChI is InChI=1S/C9H12N2O3S/c1-2-14-8(13)4-3-7(12)11-9-10-5-6-15-9/h5-6H,2-4H2,1H3,(H,10,11,12). The highest BCUT2D eigenvalue weighted by molar-refractivity contribution is 7.13. The Bertz CT molecular complexity index is 324. The van der Waals surface area contributed by atoms with E-state index < -0.39 is 0 Å². The van der Waals surface area contributed by atoms with Crippen molar-refractivity contribution in [2.24, 2.45) is 0 Å². The van der Waals surface area contributed by atoms with Crippen LogP contribution in [0.3, 0.4) is 0 Å². The summed E-state index contributed by atoms with van der Waals surface area (Å²) in [7, 11) is 0. The highest BCUT2D eigenvalue weighted by Crippen LogP contribution is 2.10. The molecular formula is C9H12N2O3S. The Hall–Kier alpha value is -1.43. The number of nitrogens with zero attached hydrogens (tertiary/aromatic N) is 1. The zero-order valence-electron chi connectivity index (χ0n) is 8.36. The van der Waals surface area contributed by atoms with Crippen molar-refractivity contribution in [2.45, 2.75) is 19.8 Å². The molecule has 6 heteroatoms. The Morgan fingerprint density at radius 1 is 1.53 bits per heavy atom. The van der Waals surface area contributed by atoms with Gasteiger partial charge < -0.3 is 10.1 Å². The van der Waals surface area contributed by atoms with E-state index in [0.717, 1.165) is 0 Å². The van der Waals surface area contributed by atoms with Crippen LogP contribution in [0.1, 0.15) is 19.8 Å². The fourth-order valence-electron chi connectivity index (χ4n) is 0.916. The topological polar surface area (TPSA) is 68.3 Å². The lowest BCUT2D eigenvalue weighted by molar-refractivity contribution is -0.144. The van der Waals surface area contributed by atoms with Crippen molar-refractivity contribution in [1.29, 1.82) is 0 Å². The van der Waals surface area contributed by atoms with Crippen LogP contribution < -0.4 is 5.32 Å². The van der Waals surface area contributed by atoms with Gasteiger partial charge in [0.1, 0.15) is 0 Å². The molecule has 0 radical (unpaired) electrons. The lowest BCUT2D eigenvalue weighted by Crippen LogP contribution is -2.14. The maximum Gasteiger partial charge on any atom is 0.306 e. The molecule has 0 unspecified atom stereocenters. The summed E-state index contributed by atoms with van der Waals surface area (Å²) in [6, 6.07) is 0. The number of aromatic nitrogens is 1. The molecule has 0 saturated carbocycles. The molecule has 15 heavy (non-hydrogen) atoms. The lowest BCUT2D eigenvalue weighted by atomic mass is 10.3. The number of anilines is 1. The molecule has 0 bridgehead atoms. The first-order chi connectivity index (χ1) is 7.22. The van der Waals surface area contributed by atoms with E-state index in [1.165, 1.54) is 11.3 Å². The van der Waals surface area contributed by atoms with Crippen molar-refractivity contribution in [2.75, 3.05) is 11.9 Å². The lowest BCUT2D eigenvalue weighted by Gasteiger charge is -2.01. The zero-order valence-corrected chi connectivity index (χ0v) is 9.17. The third-order valence-electron chi connectivity index (χ3n) is 1.54. The van der Waals surface area contributed by atoms with E-state index in [2.05, 4.69) is 10.3 Å². The third kappa shape index (κ3) is 4.55. The minimum atomic E-state index is -0.355. The van der Waals surface area contributed by atoms with E-state index in [-0.39, 0.29) is 24.7 Å². The summed E-state index contributed by atoms with van der Waals surface area (Å²) in [5.41, 5.74) is 0. The first-order valence-corrected chi connectivity index (χ1v) is 5.45. The number of nitrogens with one attached hydrogen (secondary N) is 1. The van der Waals surface area contributed by atoms with Gasteiger partial charge in [-0.15, -0.1) is 11.3 Å². The van der Waals surface area contributed by atoms with Crippen LogP contribution in [0.2, 0.25) is 0 Å². The van der Waals surface area contributed by atoms with Crippen LogP contribution in [-0.4, -0.2) is 23.5 Å². The molecule has 1 rings (SSSR count). The van der Waals surface area contributed by atoms with Crippen molar-refractivity contribution in [3.63, 3.8) is 0 Å². The van der Waals surface area contributed by atoms with Gasteiger partial charge in [-0.3, -0.25) is 9.59 Å². The molecule has 0 saturated heterocycles. The molecular weight excluding hydrogens is 216 g/mol. The van der Waals surface area contributed by atoms with E-state index in [1.54, 1.807) is 18.5 Å². The average Bonchev–Trinajstić information content (AvgIpc) is 2.68. The molecule has 0 spiro atoms. The monoisotopic (exact) mass is 228 g/mol. The number of hydrogen-bond acceptors (Lipinski definition) is 5. The fraction of sp³-hybridized carbons (Fsp3) is 0.444. The van der Waals surface area contributed by atoms with Gasteiger partial charge in [-0.25, -0.2) is 4.98 Å². The van der Waals surface area contributed by atoms with Crippen LogP contribution in [0.25, 0.3) is 0 Å². The van der Waals surface area contributed by atoms with E-state index >= 15 is 0 Å². The molecule has 0 aliphatic rings. The predicted octanol–water partition coefficient (Wildman–Crippen LogP) is 1.42. The van der Waals surface area contributed by atoms with Crippen LogP contribution in [-0.2, 0) is 14.3 Å². The minimum Gasteiger partial charge on any atom is -0.466 e. The number of amides is 1. The molecule has 1 amide bonds. The molecule has 0 atom stereocenters. The molecule has 82 valence electrons. The number of carbonyl (C=O) groups excluding carboxylic acids is 2. The summed E-state index contributed by atoms with van der Waals surface area (Å²) in [5, 5.41) is 4.89. The first-order valence-electron chi connectivity index (χ1n) is 4.57. The Morgan fingerprint density at radius 2 is 2.33 bits per heavy atom. The largest absolute Gasteiger partial charge is 0.466 e. The van der Waals surface area contributed by atoms with Crippen LogP contribution >= 0.6 is 11.3 Å². The number of ether oxygens (including phenoxy) is 1. The molecule has 0 aliphatic heterocycles. The summed E-state index contributed by atoms with van der Waals surface area (Å²) in [5.74, 6) is -0.579. The SMILES string of the molecule is CCOC(=O)CCC(=O)Nc1nccs1. The number of esters is 1. The van der Waals surface area contributed by atoms with Gasteiger partial charge in [-0.1, -0.05) is 0 Å². The van der Waals surface area contributed by atoms with Crippen LogP contribution in [0.15, 0.2) is 11.6 Å². The van der Waals surface area contributed by atoms with E-state index in [4.69, 9.17) is 4.74 Å². The van der Waals surface area contributed by atoms with Crippen molar-refractivity contribution in [1.82, 2.24) is 4.98 Å². The van der Waals surface area contributed by atoms with Gasteiger partial charge in [0.2, 0.25) is 5.91 Å². The van der Waals surface area contributed by atoms with Crippen molar-refractivity contribution < 1.29 is 14.3 Å². The highest BCUT2D eigenvalue weighted by Gasteiger charge is 2.08. The summed E-state index contributed by atoms with van der Waals surface area (Å²) in [4.78, 5) is 26.1. The molecule has 0 fully saturated rings. The Labute approximate surface area is 91.5 Å². The molecule has 0 aliphatic carbocycles. The summed E-state index contributed by atoms with van der Waals surface area (Å²) >= 11 is 1.34. The van der Waals surface area contributed by atoms with E-state index in [9.17, 15) is 9.59 Å². The third-order valence-corrected chi connectivity index (χ3v) is 2.23. The van der Waals surface area contributed by atoms with Crippen molar-refractivity contribution >= 4 is 28.3 Å². The first kappa shape index (κ1) is 11.6. The second-order valence-electron chi connectivity index (χ2n) is 2.69. The molecule has 0 aromatic carbocycles. The molecule has 1 aromatic heterocycles. The van der Waals surface area contributed by atoms with E-state index in [0.29, 0.717) is 11.7 Å². The number of rotatable bonds is 5. The van der Waals surface area contributed by atoms with Gasteiger partial charge in [-0.05, 0) is 6.92 Å². The minimum absolute atomic E-state index is 0.102. The smallest absolute Gasteiger partial charge is 0.306 e. The molecule has 1 aromatic rings. The second kappa shape index (κ2) is 6.13. The van der Waals surface area contributed by atoms with Crippen LogP contribution in [0, 0.1) is 0 Å². The van der Waals surface area contributed by atoms with Crippen molar-refractivity contribution in [3.8, 4) is 0 Å². The zero-order chi connectivity index (χ0) is 11.1. The van der Waals surface area contributed by atoms with Gasteiger partial charge in [0, 0.05) is 18.0 Å². The van der Waals surface area contributed by atoms with E-state index in [1.807, 2.05) is 0 Å². The normalized spacial score (nSPS) is 9.67. The van der Waals surface area contributed by atoms with Crippen molar-refractivity contribution in [3.05, 3.63) is 11.6 Å². The van der Waals surface area contributed by atoms with Gasteiger partial charge in [0.05, 0.1) is 13.0 Å². The predicted molar refractivity (Wildman–Crippen MR) is 56.6 cm³/mol. The maximum absolute atomic E-state index is 11.3. The number of thiazole rings is 1. The Balaban J connectivity index is 2.22.